The summed E-state index contributed by atoms with van der Waals surface area (Å²) in [6.07, 6.45) is 0. The molecule has 4 aromatic rings. The Morgan fingerprint density at radius 3 is 1.33 bits per heavy atom. The monoisotopic (exact) mass is 350 g/mol. The molecule has 0 aliphatic heterocycles. The molecule has 118 valence electrons. The number of hydrogen-bond donors (Lipinski definition) is 0. The fourth-order valence-corrected chi connectivity index (χ4v) is 4.52. The summed E-state index contributed by atoms with van der Waals surface area (Å²) in [5.41, 5.74) is 1.93. The van der Waals surface area contributed by atoms with Crippen molar-refractivity contribution in [1.82, 2.24) is 0 Å². The molecule has 0 spiro atoms. The van der Waals surface area contributed by atoms with Crippen molar-refractivity contribution in [3.05, 3.63) is 72.8 Å². The van der Waals surface area contributed by atoms with E-state index in [4.69, 9.17) is 0 Å². The van der Waals surface area contributed by atoms with Gasteiger partial charge in [-0.3, -0.25) is 0 Å². The lowest BCUT2D eigenvalue weighted by Gasteiger charge is -2.15. The third-order valence-corrected chi connectivity index (χ3v) is 5.90. The summed E-state index contributed by atoms with van der Waals surface area (Å²) in [5, 5.41) is 5.98. The van der Waals surface area contributed by atoms with Gasteiger partial charge in [0.05, 0.1) is 10.6 Å². The number of hydrogen-bond acceptors (Lipinski definition) is 2. The number of fused-ring (bicyclic) bond motifs is 2. The summed E-state index contributed by atoms with van der Waals surface area (Å²) in [4.78, 5) is 23.8. The summed E-state index contributed by atoms with van der Waals surface area (Å²) >= 11 is 0. The van der Waals surface area contributed by atoms with E-state index in [9.17, 15) is 9.79 Å². The molecule has 0 bridgehead atoms. The van der Waals surface area contributed by atoms with Crippen LogP contribution in [0.15, 0.2) is 72.8 Å². The van der Waals surface area contributed by atoms with Gasteiger partial charge in [0.25, 0.3) is 0 Å². The van der Waals surface area contributed by atoms with E-state index in [-0.39, 0.29) is 0 Å². The average molecular weight is 350 g/mol. The molecule has 4 aromatic carbocycles. The Morgan fingerprint density at radius 1 is 0.500 bits per heavy atom. The third-order valence-electron chi connectivity index (χ3n) is 4.43. The van der Waals surface area contributed by atoms with Gasteiger partial charge < -0.3 is 9.79 Å². The van der Waals surface area contributed by atoms with Crippen LogP contribution in [0.2, 0.25) is 0 Å². The van der Waals surface area contributed by atoms with Crippen LogP contribution in [-0.4, -0.2) is 0 Å². The maximum atomic E-state index is 11.9. The summed E-state index contributed by atoms with van der Waals surface area (Å²) in [7, 11) is -2.16. The highest BCUT2D eigenvalue weighted by atomic mass is 31.1. The van der Waals surface area contributed by atoms with E-state index in [0.717, 1.165) is 43.3 Å². The minimum absolute atomic E-state index is 0.833. The molecule has 0 radical (unpaired) electrons. The molecular formula is C20H16O2P2. The quantitative estimate of drug-likeness (QED) is 0.532. The molecule has 0 fully saturated rings. The molecular weight excluding hydrogens is 334 g/mol. The molecule has 0 heterocycles. The van der Waals surface area contributed by atoms with Crippen molar-refractivity contribution in [2.24, 2.45) is 0 Å². The third kappa shape index (κ3) is 2.53. The summed E-state index contributed by atoms with van der Waals surface area (Å²) in [6.45, 7) is 0. The van der Waals surface area contributed by atoms with Crippen LogP contribution >= 0.6 is 17.6 Å². The second-order valence-electron chi connectivity index (χ2n) is 5.74. The Bertz CT molecular complexity index is 959. The smallest absolute Gasteiger partial charge is 0.0917 e. The average Bonchev–Trinajstić information content (AvgIpc) is 2.66. The molecule has 0 saturated carbocycles. The molecule has 0 saturated heterocycles. The van der Waals surface area contributed by atoms with Crippen molar-refractivity contribution in [1.29, 1.82) is 0 Å². The first-order valence-corrected chi connectivity index (χ1v) is 9.87. The highest BCUT2D eigenvalue weighted by Crippen LogP contribution is 2.35. The van der Waals surface area contributed by atoms with Gasteiger partial charge in [0, 0.05) is 11.1 Å². The molecule has 2 nitrogen and oxygen atoms in total. The first-order valence-electron chi connectivity index (χ1n) is 7.77. The van der Waals surface area contributed by atoms with Crippen LogP contribution in [0.3, 0.4) is 0 Å². The van der Waals surface area contributed by atoms with Gasteiger partial charge in [-0.2, -0.15) is 0 Å². The zero-order valence-electron chi connectivity index (χ0n) is 12.9. The molecule has 0 N–H and O–H groups in total. The predicted octanol–water partition coefficient (Wildman–Crippen LogP) is 2.28. The Balaban J connectivity index is 2.21. The van der Waals surface area contributed by atoms with Gasteiger partial charge in [0.2, 0.25) is 0 Å². The summed E-state index contributed by atoms with van der Waals surface area (Å²) in [5.74, 6) is 0. The first-order chi connectivity index (χ1) is 11.8. The zero-order chi connectivity index (χ0) is 16.5. The fourth-order valence-electron chi connectivity index (χ4n) is 3.33. The molecule has 0 aromatic heterocycles. The Labute approximate surface area is 143 Å². The van der Waals surface area contributed by atoms with Crippen LogP contribution in [0.5, 0.6) is 0 Å². The Morgan fingerprint density at radius 2 is 0.917 bits per heavy atom. The Kier molecular flexibility index (Phi) is 4.31. The molecule has 4 heteroatoms. The SMILES string of the molecule is [O-][PH2+]c1ccc2ccccc2c1-c1c([PH2+][O-])ccc2ccccc12. The van der Waals surface area contributed by atoms with Crippen molar-refractivity contribution in [2.45, 2.75) is 0 Å². The van der Waals surface area contributed by atoms with Crippen LogP contribution in [0.4, 0.5) is 0 Å². The van der Waals surface area contributed by atoms with Crippen molar-refractivity contribution in [3.63, 3.8) is 0 Å². The lowest BCUT2D eigenvalue weighted by Crippen LogP contribution is -2.12. The van der Waals surface area contributed by atoms with Crippen LogP contribution in [0, 0.1) is 0 Å². The van der Waals surface area contributed by atoms with Crippen LogP contribution in [0.25, 0.3) is 32.7 Å². The topological polar surface area (TPSA) is 46.1 Å². The molecule has 24 heavy (non-hydrogen) atoms. The summed E-state index contributed by atoms with van der Waals surface area (Å²) < 4.78 is 0. The molecule has 0 amide bonds. The van der Waals surface area contributed by atoms with Gasteiger partial charge >= 0.3 is 0 Å². The van der Waals surface area contributed by atoms with Gasteiger partial charge in [-0.1, -0.05) is 60.7 Å². The van der Waals surface area contributed by atoms with Gasteiger partial charge in [-0.15, -0.1) is 0 Å². The summed E-state index contributed by atoms with van der Waals surface area (Å²) in [6, 6.07) is 24.1. The Hall–Kier alpha value is -1.82. The number of benzene rings is 4. The second-order valence-corrected chi connectivity index (χ2v) is 7.45. The van der Waals surface area contributed by atoms with Gasteiger partial charge in [0.1, 0.15) is 0 Å². The standard InChI is InChI=1S/C20H16O2P2/c21-23-17-11-9-13-5-1-3-7-15(13)19(17)20-16-8-4-2-6-14(16)10-12-18(20)24-22/h1-12H,23-24H2. The van der Waals surface area contributed by atoms with Crippen molar-refractivity contribution < 1.29 is 9.79 Å². The zero-order valence-corrected chi connectivity index (χ0v) is 15.2. The van der Waals surface area contributed by atoms with Crippen LogP contribution < -0.4 is 20.4 Å². The van der Waals surface area contributed by atoms with Gasteiger partial charge in [-0.25, -0.2) is 0 Å². The van der Waals surface area contributed by atoms with Crippen LogP contribution in [0.1, 0.15) is 0 Å². The molecule has 2 unspecified atom stereocenters. The van der Waals surface area contributed by atoms with Crippen molar-refractivity contribution in [2.75, 3.05) is 0 Å². The lowest BCUT2D eigenvalue weighted by atomic mass is 9.94. The van der Waals surface area contributed by atoms with Crippen LogP contribution in [-0.2, 0) is 0 Å². The predicted molar refractivity (Wildman–Crippen MR) is 106 cm³/mol. The molecule has 0 aliphatic rings. The number of rotatable bonds is 3. The highest BCUT2D eigenvalue weighted by Gasteiger charge is 2.18. The minimum Gasteiger partial charge on any atom is -0.679 e. The van der Waals surface area contributed by atoms with E-state index in [2.05, 4.69) is 24.3 Å². The highest BCUT2D eigenvalue weighted by molar-refractivity contribution is 7.40. The van der Waals surface area contributed by atoms with E-state index in [0.29, 0.717) is 0 Å². The maximum Gasteiger partial charge on any atom is 0.0917 e. The van der Waals surface area contributed by atoms with Gasteiger partial charge in [-0.05, 0) is 51.3 Å². The van der Waals surface area contributed by atoms with E-state index in [1.807, 2.05) is 48.5 Å². The first kappa shape index (κ1) is 15.7. The molecule has 4 rings (SSSR count). The van der Waals surface area contributed by atoms with E-state index >= 15 is 0 Å². The minimum atomic E-state index is -1.08. The fraction of sp³-hybridized carbons (Fsp3) is 0. The van der Waals surface area contributed by atoms with Crippen molar-refractivity contribution >= 4 is 49.8 Å². The van der Waals surface area contributed by atoms with E-state index < -0.39 is 17.6 Å². The van der Waals surface area contributed by atoms with Gasteiger partial charge in [0.15, 0.2) is 0 Å². The molecule has 2 atom stereocenters. The van der Waals surface area contributed by atoms with E-state index in [1.165, 1.54) is 0 Å². The van der Waals surface area contributed by atoms with Crippen molar-refractivity contribution in [3.8, 4) is 11.1 Å². The van der Waals surface area contributed by atoms with E-state index in [1.54, 1.807) is 0 Å². The second kappa shape index (κ2) is 6.59. The maximum absolute atomic E-state index is 11.9. The largest absolute Gasteiger partial charge is 0.679 e. The molecule has 0 aliphatic carbocycles. The normalized spacial score (nSPS) is 12.2. The lowest BCUT2D eigenvalue weighted by molar-refractivity contribution is -0.148.